The van der Waals surface area contributed by atoms with Crippen LogP contribution in [0.5, 0.6) is 0 Å². The van der Waals surface area contributed by atoms with E-state index in [0.29, 0.717) is 5.71 Å². The third-order valence-corrected chi connectivity index (χ3v) is 6.98. The van der Waals surface area contributed by atoms with Gasteiger partial charge in [0, 0.05) is 44.7 Å². The number of aromatic nitrogens is 3. The van der Waals surface area contributed by atoms with Crippen molar-refractivity contribution >= 4 is 33.0 Å². The summed E-state index contributed by atoms with van der Waals surface area (Å²) < 4.78 is 6.26. The van der Waals surface area contributed by atoms with Crippen molar-refractivity contribution in [3.8, 4) is 22.4 Å². The van der Waals surface area contributed by atoms with E-state index in [4.69, 9.17) is 14.4 Å². The van der Waals surface area contributed by atoms with E-state index in [0.717, 1.165) is 55.5 Å². The monoisotopic (exact) mass is 471 g/mol. The molecule has 6 aromatic rings. The lowest BCUT2D eigenvalue weighted by molar-refractivity contribution is 0.571. The second kappa shape index (κ2) is 7.99. The van der Waals surface area contributed by atoms with Gasteiger partial charge in [-0.05, 0) is 85.5 Å². The molecule has 0 aliphatic heterocycles. The fraction of sp³-hybridized carbons (Fsp3) is 0.219. The van der Waals surface area contributed by atoms with Crippen LogP contribution >= 0.6 is 0 Å². The molecule has 0 bridgehead atoms. The Labute approximate surface area is 211 Å². The molecule has 0 saturated carbocycles. The summed E-state index contributed by atoms with van der Waals surface area (Å²) in [6.07, 6.45) is 1.96. The molecule has 4 aromatic heterocycles. The lowest BCUT2D eigenvalue weighted by Crippen LogP contribution is -2.13. The molecular weight excluding hydrogens is 442 g/mol. The summed E-state index contributed by atoms with van der Waals surface area (Å²) in [5, 5.41) is 3.22. The van der Waals surface area contributed by atoms with Gasteiger partial charge in [-0.25, -0.2) is 4.98 Å². The van der Waals surface area contributed by atoms with E-state index in [-0.39, 0.29) is 5.41 Å². The first-order chi connectivity index (χ1) is 17.2. The molecule has 178 valence electrons. The predicted octanol–water partition coefficient (Wildman–Crippen LogP) is 8.48. The van der Waals surface area contributed by atoms with Gasteiger partial charge in [0.25, 0.3) is 0 Å². The van der Waals surface area contributed by atoms with Gasteiger partial charge in [0.05, 0.1) is 11.2 Å². The predicted molar refractivity (Wildman–Crippen MR) is 148 cm³/mol. The van der Waals surface area contributed by atoms with Gasteiger partial charge in [0.15, 0.2) is 0 Å². The smallest absolute Gasteiger partial charge is 0.227 e. The van der Waals surface area contributed by atoms with E-state index in [1.54, 1.807) is 0 Å². The highest BCUT2D eigenvalue weighted by Gasteiger charge is 2.18. The zero-order valence-electron chi connectivity index (χ0n) is 21.6. The van der Waals surface area contributed by atoms with Gasteiger partial charge in [-0.1, -0.05) is 39.0 Å². The van der Waals surface area contributed by atoms with Crippen molar-refractivity contribution in [3.05, 3.63) is 89.4 Å². The molecule has 6 rings (SSSR count). The Hall–Kier alpha value is -4.05. The lowest BCUT2D eigenvalue weighted by atomic mass is 9.90. The van der Waals surface area contributed by atoms with Gasteiger partial charge >= 0.3 is 0 Å². The maximum absolute atomic E-state index is 6.26. The highest BCUT2D eigenvalue weighted by Crippen LogP contribution is 2.37. The summed E-state index contributed by atoms with van der Waals surface area (Å²) in [5.74, 6) is 0. The van der Waals surface area contributed by atoms with Gasteiger partial charge in [0.1, 0.15) is 5.58 Å². The van der Waals surface area contributed by atoms with Gasteiger partial charge < -0.3 is 4.42 Å². The quantitative estimate of drug-likeness (QED) is 0.254. The van der Waals surface area contributed by atoms with E-state index in [2.05, 4.69) is 94.2 Å². The van der Waals surface area contributed by atoms with Crippen LogP contribution in [-0.2, 0) is 5.41 Å². The van der Waals surface area contributed by atoms with Gasteiger partial charge in [0.2, 0.25) is 5.71 Å². The maximum atomic E-state index is 6.26. The summed E-state index contributed by atoms with van der Waals surface area (Å²) >= 11 is 0. The molecular formula is C32H29N3O. The number of para-hydroxylation sites is 1. The average Bonchev–Trinajstić information content (AvgIpc) is 3.21. The summed E-state index contributed by atoms with van der Waals surface area (Å²) in [5.41, 5.74) is 11.1. The summed E-state index contributed by atoms with van der Waals surface area (Å²) in [4.78, 5) is 14.4. The van der Waals surface area contributed by atoms with Gasteiger partial charge in [-0.3, -0.25) is 9.97 Å². The van der Waals surface area contributed by atoms with E-state index in [1.807, 2.05) is 19.2 Å². The fourth-order valence-corrected chi connectivity index (χ4v) is 4.92. The Morgan fingerprint density at radius 1 is 0.722 bits per heavy atom. The third-order valence-electron chi connectivity index (χ3n) is 6.98. The number of rotatable bonds is 2. The molecule has 2 aromatic carbocycles. The number of nitrogens with zero attached hydrogens (tertiary/aromatic N) is 3. The van der Waals surface area contributed by atoms with Crippen LogP contribution in [0.15, 0.2) is 71.3 Å². The van der Waals surface area contributed by atoms with Crippen molar-refractivity contribution in [2.24, 2.45) is 0 Å². The molecule has 4 heteroatoms. The van der Waals surface area contributed by atoms with Gasteiger partial charge in [-0.15, -0.1) is 0 Å². The Balaban J connectivity index is 1.52. The molecule has 0 radical (unpaired) electrons. The minimum Gasteiger partial charge on any atom is -0.437 e. The number of benzene rings is 2. The first-order valence-electron chi connectivity index (χ1n) is 12.4. The first kappa shape index (κ1) is 22.4. The molecule has 0 amide bonds. The Bertz CT molecular complexity index is 1800. The van der Waals surface area contributed by atoms with Crippen LogP contribution in [0.25, 0.3) is 55.4 Å². The number of hydrogen-bond acceptors (Lipinski definition) is 4. The fourth-order valence-electron chi connectivity index (χ4n) is 4.92. The maximum Gasteiger partial charge on any atom is 0.227 e. The normalized spacial score (nSPS) is 12.2. The molecule has 0 aliphatic carbocycles. The number of fused-ring (bicyclic) bond motifs is 4. The molecule has 0 N–H and O–H groups in total. The van der Waals surface area contributed by atoms with E-state index in [1.165, 1.54) is 16.7 Å². The van der Waals surface area contributed by atoms with Crippen LogP contribution < -0.4 is 0 Å². The Morgan fingerprint density at radius 2 is 1.53 bits per heavy atom. The molecule has 4 nitrogen and oxygen atoms in total. The van der Waals surface area contributed by atoms with Crippen LogP contribution in [0.3, 0.4) is 0 Å². The molecule has 0 saturated heterocycles. The zero-order chi connectivity index (χ0) is 25.2. The van der Waals surface area contributed by atoms with Crippen LogP contribution in [0.4, 0.5) is 0 Å². The highest BCUT2D eigenvalue weighted by molar-refractivity contribution is 6.08. The molecule has 0 unspecified atom stereocenters. The summed E-state index contributed by atoms with van der Waals surface area (Å²) in [6, 6.07) is 21.3. The number of pyridine rings is 3. The Kier molecular flexibility index (Phi) is 4.97. The van der Waals surface area contributed by atoms with Crippen molar-refractivity contribution in [2.75, 3.05) is 0 Å². The van der Waals surface area contributed by atoms with E-state index >= 15 is 0 Å². The minimum atomic E-state index is 0.0171. The van der Waals surface area contributed by atoms with Crippen molar-refractivity contribution in [3.63, 3.8) is 0 Å². The van der Waals surface area contributed by atoms with Gasteiger partial charge in [-0.2, -0.15) is 0 Å². The van der Waals surface area contributed by atoms with Crippen LogP contribution in [-0.4, -0.2) is 15.0 Å². The second-order valence-electron chi connectivity index (χ2n) is 10.8. The molecule has 0 atom stereocenters. The van der Waals surface area contributed by atoms with E-state index in [9.17, 15) is 0 Å². The van der Waals surface area contributed by atoms with Crippen LogP contribution in [0.2, 0.25) is 0 Å². The van der Waals surface area contributed by atoms with Crippen LogP contribution in [0, 0.1) is 20.8 Å². The van der Waals surface area contributed by atoms with E-state index < -0.39 is 0 Å². The van der Waals surface area contributed by atoms with Crippen molar-refractivity contribution < 1.29 is 4.42 Å². The Morgan fingerprint density at radius 3 is 2.33 bits per heavy atom. The number of aryl methyl sites for hydroxylation is 3. The molecule has 36 heavy (non-hydrogen) atoms. The average molecular weight is 472 g/mol. The third kappa shape index (κ3) is 3.65. The number of furan rings is 1. The lowest BCUT2D eigenvalue weighted by Gasteiger charge is -2.19. The van der Waals surface area contributed by atoms with Crippen molar-refractivity contribution in [1.82, 2.24) is 15.0 Å². The van der Waals surface area contributed by atoms with Crippen molar-refractivity contribution in [2.45, 2.75) is 47.0 Å². The van der Waals surface area contributed by atoms with Crippen LogP contribution in [0.1, 0.15) is 43.3 Å². The molecule has 0 fully saturated rings. The molecule has 0 aliphatic rings. The zero-order valence-corrected chi connectivity index (χ0v) is 21.6. The largest absolute Gasteiger partial charge is 0.437 e. The summed E-state index contributed by atoms with van der Waals surface area (Å²) in [6.45, 7) is 12.9. The first-order valence-corrected chi connectivity index (χ1v) is 12.4. The number of hydrogen-bond donors (Lipinski definition) is 0. The standard InChI is InChI=1S/C32H29N3O/c1-18-14-27-21(11-13-29(35-27)32(4,5)6)15-25(18)26-16-28(33-17-19(26)2)24-9-7-8-22-23-12-10-20(3)34-31(23)36-30(22)24/h7-17H,1-6H3. The molecule has 0 spiro atoms. The summed E-state index contributed by atoms with van der Waals surface area (Å²) in [7, 11) is 0. The minimum absolute atomic E-state index is 0.0171. The SMILES string of the molecule is Cc1ccc2c(n1)oc1c(-c3cc(-c4cc5ccc(C(C)(C)C)nc5cc4C)c(C)cn3)cccc12. The molecule has 4 heterocycles. The highest BCUT2D eigenvalue weighted by atomic mass is 16.3. The second-order valence-corrected chi connectivity index (χ2v) is 10.8. The van der Waals surface area contributed by atoms with Crippen molar-refractivity contribution in [1.29, 1.82) is 0 Å². The topological polar surface area (TPSA) is 51.8 Å².